The van der Waals surface area contributed by atoms with E-state index in [1.165, 1.54) is 0 Å². The van der Waals surface area contributed by atoms with Gasteiger partial charge in [-0.25, -0.2) is 4.98 Å². The van der Waals surface area contributed by atoms with Crippen molar-refractivity contribution in [3.05, 3.63) is 36.4 Å². The molecule has 12 heavy (non-hydrogen) atoms. The standard InChI is InChI=1S/C9H5N3/c10-4-9-3-8-5-11-2-1-7(8)6-12-9/h1-3,5-6H. The van der Waals surface area contributed by atoms with Crippen molar-refractivity contribution in [2.24, 2.45) is 0 Å². The SMILES string of the molecule is N#Cc1cc2cnccc2cn1. The number of nitrogens with zero attached hydrogens (tertiary/aromatic N) is 3. The molecule has 0 bridgehead atoms. The van der Waals surface area contributed by atoms with E-state index in [1.54, 1.807) is 24.7 Å². The van der Waals surface area contributed by atoms with Crippen LogP contribution < -0.4 is 0 Å². The van der Waals surface area contributed by atoms with Gasteiger partial charge in [0.15, 0.2) is 0 Å². The summed E-state index contributed by atoms with van der Waals surface area (Å²) in [6.07, 6.45) is 5.10. The molecule has 0 saturated heterocycles. The molecule has 0 aliphatic heterocycles. The fraction of sp³-hybridized carbons (Fsp3) is 0. The number of nitriles is 1. The number of hydrogen-bond donors (Lipinski definition) is 0. The zero-order valence-electron chi connectivity index (χ0n) is 6.23. The lowest BCUT2D eigenvalue weighted by Gasteiger charge is -1.94. The number of aromatic nitrogens is 2. The first-order chi connectivity index (χ1) is 5.90. The average Bonchev–Trinajstić information content (AvgIpc) is 2.17. The summed E-state index contributed by atoms with van der Waals surface area (Å²) in [5, 5.41) is 10.5. The summed E-state index contributed by atoms with van der Waals surface area (Å²) in [6.45, 7) is 0. The molecule has 0 amide bonds. The summed E-state index contributed by atoms with van der Waals surface area (Å²) in [7, 11) is 0. The van der Waals surface area contributed by atoms with Crippen LogP contribution in [0, 0.1) is 11.3 Å². The van der Waals surface area contributed by atoms with Gasteiger partial charge < -0.3 is 0 Å². The highest BCUT2D eigenvalue weighted by molar-refractivity contribution is 5.81. The number of pyridine rings is 2. The zero-order valence-corrected chi connectivity index (χ0v) is 6.23. The van der Waals surface area contributed by atoms with Crippen LogP contribution in [0.3, 0.4) is 0 Å². The molecule has 0 radical (unpaired) electrons. The predicted octanol–water partition coefficient (Wildman–Crippen LogP) is 1.50. The van der Waals surface area contributed by atoms with Crippen molar-refractivity contribution in [2.75, 3.05) is 0 Å². The fourth-order valence-corrected chi connectivity index (χ4v) is 1.04. The van der Waals surface area contributed by atoms with Crippen LogP contribution in [0.2, 0.25) is 0 Å². The van der Waals surface area contributed by atoms with Gasteiger partial charge in [0, 0.05) is 29.4 Å². The van der Waals surface area contributed by atoms with Crippen molar-refractivity contribution < 1.29 is 0 Å². The Labute approximate surface area is 69.3 Å². The fourth-order valence-electron chi connectivity index (χ4n) is 1.04. The van der Waals surface area contributed by atoms with Gasteiger partial charge in [0.2, 0.25) is 0 Å². The number of hydrogen-bond acceptors (Lipinski definition) is 3. The molecule has 0 aromatic carbocycles. The van der Waals surface area contributed by atoms with Gasteiger partial charge in [0.1, 0.15) is 11.8 Å². The van der Waals surface area contributed by atoms with Crippen molar-refractivity contribution in [3.63, 3.8) is 0 Å². The first-order valence-electron chi connectivity index (χ1n) is 3.50. The van der Waals surface area contributed by atoms with Gasteiger partial charge in [-0.2, -0.15) is 5.26 Å². The van der Waals surface area contributed by atoms with Crippen molar-refractivity contribution in [1.29, 1.82) is 5.26 Å². The van der Waals surface area contributed by atoms with Gasteiger partial charge in [-0.1, -0.05) is 0 Å². The minimum Gasteiger partial charge on any atom is -0.264 e. The molecule has 3 heteroatoms. The molecular formula is C9H5N3. The maximum absolute atomic E-state index is 8.56. The quantitative estimate of drug-likeness (QED) is 0.579. The molecule has 0 aliphatic rings. The Bertz CT molecular complexity index is 457. The second-order valence-corrected chi connectivity index (χ2v) is 2.40. The lowest BCUT2D eigenvalue weighted by atomic mass is 10.2. The Morgan fingerprint density at radius 3 is 3.00 bits per heavy atom. The minimum atomic E-state index is 0.426. The van der Waals surface area contributed by atoms with E-state index < -0.39 is 0 Å². The van der Waals surface area contributed by atoms with Gasteiger partial charge in [-0.05, 0) is 12.1 Å². The molecule has 0 saturated carbocycles. The number of rotatable bonds is 0. The summed E-state index contributed by atoms with van der Waals surface area (Å²) >= 11 is 0. The van der Waals surface area contributed by atoms with Crippen molar-refractivity contribution in [2.45, 2.75) is 0 Å². The van der Waals surface area contributed by atoms with Gasteiger partial charge in [-0.3, -0.25) is 4.98 Å². The van der Waals surface area contributed by atoms with Crippen LogP contribution in [0.5, 0.6) is 0 Å². The van der Waals surface area contributed by atoms with Crippen molar-refractivity contribution >= 4 is 10.8 Å². The maximum atomic E-state index is 8.56. The van der Waals surface area contributed by atoms with Crippen LogP contribution in [0.15, 0.2) is 30.7 Å². The molecule has 2 aromatic heterocycles. The third-order valence-corrected chi connectivity index (χ3v) is 1.64. The second-order valence-electron chi connectivity index (χ2n) is 2.40. The lowest BCUT2D eigenvalue weighted by Crippen LogP contribution is -1.82. The molecule has 0 N–H and O–H groups in total. The van der Waals surface area contributed by atoms with Crippen LogP contribution >= 0.6 is 0 Å². The Morgan fingerprint density at radius 2 is 2.17 bits per heavy atom. The van der Waals surface area contributed by atoms with Crippen LogP contribution in [0.4, 0.5) is 0 Å². The lowest BCUT2D eigenvalue weighted by molar-refractivity contribution is 1.27. The largest absolute Gasteiger partial charge is 0.264 e. The van der Waals surface area contributed by atoms with E-state index in [-0.39, 0.29) is 0 Å². The van der Waals surface area contributed by atoms with E-state index in [2.05, 4.69) is 9.97 Å². The van der Waals surface area contributed by atoms with Crippen LogP contribution in [-0.4, -0.2) is 9.97 Å². The normalized spacial score (nSPS) is 9.58. The minimum absolute atomic E-state index is 0.426. The van der Waals surface area contributed by atoms with Gasteiger partial charge >= 0.3 is 0 Å². The smallest absolute Gasteiger partial charge is 0.141 e. The molecule has 2 aromatic rings. The van der Waals surface area contributed by atoms with E-state index in [0.717, 1.165) is 10.8 Å². The van der Waals surface area contributed by atoms with Crippen LogP contribution in [-0.2, 0) is 0 Å². The van der Waals surface area contributed by atoms with Crippen LogP contribution in [0.25, 0.3) is 10.8 Å². The molecule has 0 fully saturated rings. The Morgan fingerprint density at radius 1 is 1.25 bits per heavy atom. The predicted molar refractivity (Wildman–Crippen MR) is 44.3 cm³/mol. The molecule has 0 aliphatic carbocycles. The summed E-state index contributed by atoms with van der Waals surface area (Å²) < 4.78 is 0. The Kier molecular flexibility index (Phi) is 1.45. The van der Waals surface area contributed by atoms with Gasteiger partial charge in [-0.15, -0.1) is 0 Å². The summed E-state index contributed by atoms with van der Waals surface area (Å²) in [5.74, 6) is 0. The highest BCUT2D eigenvalue weighted by Gasteiger charge is 1.94. The molecule has 56 valence electrons. The van der Waals surface area contributed by atoms with Crippen molar-refractivity contribution in [3.8, 4) is 6.07 Å². The average molecular weight is 155 g/mol. The number of fused-ring (bicyclic) bond motifs is 1. The monoisotopic (exact) mass is 155 g/mol. The molecule has 0 spiro atoms. The Hall–Kier alpha value is -1.95. The highest BCUT2D eigenvalue weighted by Crippen LogP contribution is 2.10. The van der Waals surface area contributed by atoms with Gasteiger partial charge in [0.05, 0.1) is 0 Å². The first-order valence-corrected chi connectivity index (χ1v) is 3.50. The van der Waals surface area contributed by atoms with E-state index in [0.29, 0.717) is 5.69 Å². The zero-order chi connectivity index (χ0) is 8.39. The Balaban J connectivity index is 2.78. The molecule has 2 rings (SSSR count). The summed E-state index contributed by atoms with van der Waals surface area (Å²) in [6, 6.07) is 5.57. The van der Waals surface area contributed by atoms with E-state index in [9.17, 15) is 0 Å². The van der Waals surface area contributed by atoms with E-state index in [1.807, 2.05) is 12.1 Å². The second kappa shape index (κ2) is 2.59. The topological polar surface area (TPSA) is 49.6 Å². The molecule has 0 atom stereocenters. The summed E-state index contributed by atoms with van der Waals surface area (Å²) in [4.78, 5) is 7.89. The maximum Gasteiger partial charge on any atom is 0.141 e. The van der Waals surface area contributed by atoms with Crippen LogP contribution in [0.1, 0.15) is 5.69 Å². The van der Waals surface area contributed by atoms with Crippen molar-refractivity contribution in [1.82, 2.24) is 9.97 Å². The highest BCUT2D eigenvalue weighted by atomic mass is 14.7. The molecule has 2 heterocycles. The van der Waals surface area contributed by atoms with E-state index >= 15 is 0 Å². The third kappa shape index (κ3) is 0.995. The molecule has 3 nitrogen and oxygen atoms in total. The third-order valence-electron chi connectivity index (χ3n) is 1.64. The van der Waals surface area contributed by atoms with Gasteiger partial charge in [0.25, 0.3) is 0 Å². The first kappa shape index (κ1) is 6.74. The molecular weight excluding hydrogens is 150 g/mol. The molecule has 0 unspecified atom stereocenters. The van der Waals surface area contributed by atoms with E-state index in [4.69, 9.17) is 5.26 Å². The summed E-state index contributed by atoms with van der Waals surface area (Å²) in [5.41, 5.74) is 0.426.